The molecule has 2 amide bonds. The average molecular weight is 360 g/mol. The van der Waals surface area contributed by atoms with Gasteiger partial charge in [0.25, 0.3) is 0 Å². The van der Waals surface area contributed by atoms with Gasteiger partial charge in [0.05, 0.1) is 0 Å². The molecule has 7 nitrogen and oxygen atoms in total. The highest BCUT2D eigenvalue weighted by Crippen LogP contribution is 2.41. The maximum Gasteiger partial charge on any atom is 0.411 e. The Morgan fingerprint density at radius 3 is 2.54 bits per heavy atom. The van der Waals surface area contributed by atoms with Gasteiger partial charge in [-0.15, -0.1) is 0 Å². The van der Waals surface area contributed by atoms with Crippen LogP contribution in [0.1, 0.15) is 38.7 Å². The van der Waals surface area contributed by atoms with Gasteiger partial charge in [-0.25, -0.2) is 9.59 Å². The molecule has 2 fully saturated rings. The number of benzene rings is 1. The van der Waals surface area contributed by atoms with Crippen LogP contribution in [0.5, 0.6) is 0 Å². The zero-order valence-electron chi connectivity index (χ0n) is 15.1. The van der Waals surface area contributed by atoms with E-state index < -0.39 is 23.1 Å². The first-order chi connectivity index (χ1) is 12.3. The molecule has 0 aliphatic carbocycles. The van der Waals surface area contributed by atoms with Crippen molar-refractivity contribution >= 4 is 18.0 Å². The fourth-order valence-electron chi connectivity index (χ4n) is 3.83. The Hall–Kier alpha value is -2.57. The summed E-state index contributed by atoms with van der Waals surface area (Å²) in [4.78, 5) is 40.1. The van der Waals surface area contributed by atoms with E-state index in [1.165, 1.54) is 23.6 Å². The molecular formula is C19H24N2O5. The molecule has 3 rings (SSSR count). The molecule has 1 aromatic carbocycles. The second-order valence-electron chi connectivity index (χ2n) is 7.40. The van der Waals surface area contributed by atoms with Crippen molar-refractivity contribution < 1.29 is 24.2 Å². The van der Waals surface area contributed by atoms with E-state index in [0.717, 1.165) is 5.56 Å². The number of aliphatic carboxylic acids is 1. The molecule has 1 atom stereocenters. The fraction of sp³-hybridized carbons (Fsp3) is 0.526. The largest absolute Gasteiger partial charge is 0.480 e. The summed E-state index contributed by atoms with van der Waals surface area (Å²) in [6, 6.07) is 9.35. The Balaban J connectivity index is 1.74. The minimum atomic E-state index is -1.30. The molecule has 1 N–H and O–H groups in total. The summed E-state index contributed by atoms with van der Waals surface area (Å²) in [5.74, 6) is -1.35. The maximum atomic E-state index is 13.1. The van der Waals surface area contributed by atoms with Gasteiger partial charge < -0.3 is 14.7 Å². The summed E-state index contributed by atoms with van der Waals surface area (Å²) in [5, 5.41) is 9.44. The number of hydrogen-bond acceptors (Lipinski definition) is 4. The Labute approximate surface area is 152 Å². The minimum Gasteiger partial charge on any atom is -0.480 e. The topological polar surface area (TPSA) is 87.2 Å². The molecule has 0 radical (unpaired) electrons. The van der Waals surface area contributed by atoms with Crippen LogP contribution in [0.2, 0.25) is 0 Å². The molecule has 2 saturated heterocycles. The molecule has 26 heavy (non-hydrogen) atoms. The number of nitrogens with zero attached hydrogens (tertiary/aromatic N) is 2. The Kier molecular flexibility index (Phi) is 4.64. The normalized spacial score (nSPS) is 22.9. The van der Waals surface area contributed by atoms with Crippen LogP contribution in [0.15, 0.2) is 30.3 Å². The van der Waals surface area contributed by atoms with Crippen molar-refractivity contribution in [2.24, 2.45) is 0 Å². The van der Waals surface area contributed by atoms with E-state index in [1.807, 2.05) is 30.3 Å². The van der Waals surface area contributed by atoms with Crippen molar-refractivity contribution in [2.75, 3.05) is 13.1 Å². The lowest BCUT2D eigenvalue weighted by Gasteiger charge is -2.36. The number of carboxylic acid groups (broad SMARTS) is 1. The molecule has 7 heteroatoms. The van der Waals surface area contributed by atoms with Crippen molar-refractivity contribution in [3.63, 3.8) is 0 Å². The zero-order valence-corrected chi connectivity index (χ0v) is 15.1. The minimum absolute atomic E-state index is 0.144. The van der Waals surface area contributed by atoms with Gasteiger partial charge in [-0.05, 0) is 38.7 Å². The molecule has 0 unspecified atom stereocenters. The van der Waals surface area contributed by atoms with Crippen molar-refractivity contribution in [1.82, 2.24) is 9.80 Å². The monoisotopic (exact) mass is 360 g/mol. The highest BCUT2D eigenvalue weighted by molar-refractivity contribution is 5.96. The fourth-order valence-corrected chi connectivity index (χ4v) is 3.83. The van der Waals surface area contributed by atoms with Crippen LogP contribution in [-0.2, 0) is 20.9 Å². The highest BCUT2D eigenvalue weighted by Gasteiger charge is 2.59. The number of carboxylic acids is 1. The van der Waals surface area contributed by atoms with Gasteiger partial charge in [-0.3, -0.25) is 9.69 Å². The molecule has 1 spiro atoms. The number of ether oxygens (including phenoxy) is 1. The molecular weight excluding hydrogens is 336 g/mol. The summed E-state index contributed by atoms with van der Waals surface area (Å²) in [6.07, 6.45) is 1.16. The van der Waals surface area contributed by atoms with Crippen molar-refractivity contribution in [3.8, 4) is 0 Å². The lowest BCUT2D eigenvalue weighted by molar-refractivity contribution is -0.157. The van der Waals surface area contributed by atoms with Crippen molar-refractivity contribution in [2.45, 2.75) is 50.8 Å². The van der Waals surface area contributed by atoms with Gasteiger partial charge in [0, 0.05) is 13.1 Å². The zero-order chi connectivity index (χ0) is 18.9. The van der Waals surface area contributed by atoms with E-state index in [4.69, 9.17) is 4.74 Å². The first kappa shape index (κ1) is 18.2. The Morgan fingerprint density at radius 1 is 1.19 bits per heavy atom. The van der Waals surface area contributed by atoms with Crippen LogP contribution in [0.25, 0.3) is 0 Å². The highest BCUT2D eigenvalue weighted by atomic mass is 16.6. The lowest BCUT2D eigenvalue weighted by Crippen LogP contribution is -2.58. The molecule has 2 heterocycles. The molecule has 0 saturated carbocycles. The number of carbonyl (C=O) groups is 3. The summed E-state index contributed by atoms with van der Waals surface area (Å²) >= 11 is 0. The van der Waals surface area contributed by atoms with Crippen LogP contribution < -0.4 is 0 Å². The number of likely N-dealkylation sites (tertiary alicyclic amines) is 2. The Morgan fingerprint density at radius 2 is 1.88 bits per heavy atom. The summed E-state index contributed by atoms with van der Waals surface area (Å²) in [6.45, 7) is 3.94. The quantitative estimate of drug-likeness (QED) is 0.890. The standard InChI is InChI=1S/C19H24N2O5/c1-18(2,16(23)24)20-12-10-19(15(20)22)9-6-11-21(19)17(25)26-13-14-7-4-3-5-8-14/h3-5,7-8H,6,9-13H2,1-2H3,(H,23,24)/t19-/m1/s1. The molecule has 0 bridgehead atoms. The second kappa shape index (κ2) is 6.63. The van der Waals surface area contributed by atoms with Gasteiger partial charge in [-0.2, -0.15) is 0 Å². The SMILES string of the molecule is CC(C)(C(=O)O)N1CC[C@]2(CCCN2C(=O)OCc2ccccc2)C1=O. The third-order valence-electron chi connectivity index (χ3n) is 5.50. The molecule has 140 valence electrons. The van der Waals surface area contributed by atoms with E-state index in [0.29, 0.717) is 32.4 Å². The van der Waals surface area contributed by atoms with Crippen LogP contribution in [0, 0.1) is 0 Å². The Bertz CT molecular complexity index is 718. The van der Waals surface area contributed by atoms with E-state index >= 15 is 0 Å². The number of hydrogen-bond donors (Lipinski definition) is 1. The van der Waals surface area contributed by atoms with Gasteiger partial charge in [0.15, 0.2) is 0 Å². The lowest BCUT2D eigenvalue weighted by atomic mass is 9.94. The molecule has 2 aliphatic heterocycles. The number of carbonyl (C=O) groups excluding carboxylic acids is 2. The van der Waals surface area contributed by atoms with Crippen molar-refractivity contribution in [1.29, 1.82) is 0 Å². The number of amides is 2. The molecule has 1 aromatic rings. The van der Waals surface area contributed by atoms with E-state index in [-0.39, 0.29) is 12.5 Å². The maximum absolute atomic E-state index is 13.1. The van der Waals surface area contributed by atoms with Gasteiger partial charge in [0.1, 0.15) is 17.7 Å². The first-order valence-corrected chi connectivity index (χ1v) is 8.83. The predicted molar refractivity (Wildman–Crippen MR) is 93.3 cm³/mol. The van der Waals surface area contributed by atoms with Gasteiger partial charge >= 0.3 is 12.1 Å². The van der Waals surface area contributed by atoms with E-state index in [9.17, 15) is 19.5 Å². The van der Waals surface area contributed by atoms with Gasteiger partial charge in [0.2, 0.25) is 5.91 Å². The smallest absolute Gasteiger partial charge is 0.411 e. The summed E-state index contributed by atoms with van der Waals surface area (Å²) in [5.41, 5.74) is -1.40. The van der Waals surface area contributed by atoms with Crippen molar-refractivity contribution in [3.05, 3.63) is 35.9 Å². The third kappa shape index (κ3) is 2.91. The second-order valence-corrected chi connectivity index (χ2v) is 7.40. The summed E-state index contributed by atoms with van der Waals surface area (Å²) < 4.78 is 5.42. The molecule has 0 aromatic heterocycles. The predicted octanol–water partition coefficient (Wildman–Crippen LogP) is 2.25. The van der Waals surface area contributed by atoms with E-state index in [2.05, 4.69) is 0 Å². The average Bonchev–Trinajstić information content (AvgIpc) is 3.19. The number of rotatable bonds is 4. The van der Waals surface area contributed by atoms with Crippen LogP contribution in [0.4, 0.5) is 4.79 Å². The van der Waals surface area contributed by atoms with Crippen LogP contribution >= 0.6 is 0 Å². The molecule has 2 aliphatic rings. The summed E-state index contributed by atoms with van der Waals surface area (Å²) in [7, 11) is 0. The van der Waals surface area contributed by atoms with Gasteiger partial charge in [-0.1, -0.05) is 30.3 Å². The third-order valence-corrected chi connectivity index (χ3v) is 5.50. The van der Waals surface area contributed by atoms with Crippen LogP contribution in [0.3, 0.4) is 0 Å². The first-order valence-electron chi connectivity index (χ1n) is 8.83. The van der Waals surface area contributed by atoms with Crippen LogP contribution in [-0.4, -0.2) is 57.0 Å². The van der Waals surface area contributed by atoms with E-state index in [1.54, 1.807) is 0 Å².